The molecule has 120 valence electrons. The summed E-state index contributed by atoms with van der Waals surface area (Å²) in [5.74, 6) is 1.44. The van der Waals surface area contributed by atoms with Crippen molar-refractivity contribution in [1.82, 2.24) is 15.0 Å². The molecule has 21 heavy (non-hydrogen) atoms. The summed E-state index contributed by atoms with van der Waals surface area (Å²) in [7, 11) is 0. The Morgan fingerprint density at radius 3 is 2.10 bits per heavy atom. The monoisotopic (exact) mass is 298 g/mol. The maximum atomic E-state index is 9.82. The summed E-state index contributed by atoms with van der Waals surface area (Å²) in [6, 6.07) is 0. The normalized spacial score (nSPS) is 13.6. The van der Waals surface area contributed by atoms with Crippen LogP contribution >= 0.6 is 0 Å². The second-order valence-corrected chi connectivity index (χ2v) is 4.99. The Balaban J connectivity index is 2.96. The van der Waals surface area contributed by atoms with Gasteiger partial charge in [-0.15, -0.1) is 0 Å². The Morgan fingerprint density at radius 2 is 1.62 bits per heavy atom. The number of nitrogens with zero attached hydrogens (tertiary/aromatic N) is 4. The number of aliphatic hydroxyl groups is 2. The summed E-state index contributed by atoms with van der Waals surface area (Å²) >= 11 is 0. The van der Waals surface area contributed by atoms with Gasteiger partial charge in [0, 0.05) is 26.2 Å². The first kappa shape index (κ1) is 17.4. The van der Waals surface area contributed by atoms with Crippen molar-refractivity contribution in [2.75, 3.05) is 48.3 Å². The number of rotatable bonds is 9. The van der Waals surface area contributed by atoms with Crippen molar-refractivity contribution in [2.24, 2.45) is 0 Å². The zero-order valence-electron chi connectivity index (χ0n) is 13.2. The van der Waals surface area contributed by atoms with E-state index in [1.807, 2.05) is 25.7 Å². The third kappa shape index (κ3) is 5.31. The molecule has 1 atom stereocenters. The highest BCUT2D eigenvalue weighted by molar-refractivity contribution is 5.43. The maximum absolute atomic E-state index is 9.82. The first-order valence-corrected chi connectivity index (χ1v) is 7.27. The summed E-state index contributed by atoms with van der Waals surface area (Å²) < 4.78 is 0. The minimum absolute atomic E-state index is 0.150. The van der Waals surface area contributed by atoms with Gasteiger partial charge in [0.15, 0.2) is 0 Å². The van der Waals surface area contributed by atoms with E-state index in [2.05, 4.69) is 25.6 Å². The third-order valence-corrected chi connectivity index (χ3v) is 2.97. The molecule has 0 aliphatic carbocycles. The number of anilines is 3. The smallest absolute Gasteiger partial charge is 0.231 e. The molecule has 4 N–H and O–H groups in total. The standard InChI is InChI=1S/C13H26N6O2/c1-5-14-10-16-11(15-8-13(4,21)9-20)18-12(17-10)19(6-2)7-3/h20-21H,5-9H2,1-4H3,(H2,14,15,16,17,18). The van der Waals surface area contributed by atoms with Crippen LogP contribution in [0.3, 0.4) is 0 Å². The van der Waals surface area contributed by atoms with Gasteiger partial charge in [0.05, 0.1) is 6.61 Å². The van der Waals surface area contributed by atoms with Crippen LogP contribution in [-0.4, -0.2) is 63.6 Å². The van der Waals surface area contributed by atoms with Gasteiger partial charge in [0.1, 0.15) is 5.60 Å². The predicted octanol–water partition coefficient (Wildman–Crippen LogP) is 0.305. The van der Waals surface area contributed by atoms with Gasteiger partial charge in [-0.3, -0.25) is 0 Å². The predicted molar refractivity (Wildman–Crippen MR) is 83.8 cm³/mol. The Hall–Kier alpha value is -1.67. The summed E-state index contributed by atoms with van der Waals surface area (Å²) in [6.45, 7) is 9.66. The second kappa shape index (κ2) is 7.94. The molecule has 0 aromatic carbocycles. The van der Waals surface area contributed by atoms with E-state index in [-0.39, 0.29) is 13.2 Å². The van der Waals surface area contributed by atoms with E-state index in [0.29, 0.717) is 24.4 Å². The number of nitrogens with one attached hydrogen (secondary N) is 2. The molecule has 0 amide bonds. The van der Waals surface area contributed by atoms with Crippen molar-refractivity contribution < 1.29 is 10.2 Å². The lowest BCUT2D eigenvalue weighted by Gasteiger charge is -2.22. The van der Waals surface area contributed by atoms with Crippen LogP contribution in [0.15, 0.2) is 0 Å². The van der Waals surface area contributed by atoms with Gasteiger partial charge in [0.2, 0.25) is 17.8 Å². The first-order chi connectivity index (χ1) is 9.95. The third-order valence-electron chi connectivity index (χ3n) is 2.97. The average Bonchev–Trinajstić information content (AvgIpc) is 2.47. The highest BCUT2D eigenvalue weighted by Crippen LogP contribution is 2.14. The topological polar surface area (TPSA) is 106 Å². The number of hydrogen-bond acceptors (Lipinski definition) is 8. The molecular formula is C13H26N6O2. The van der Waals surface area contributed by atoms with Gasteiger partial charge in [0.25, 0.3) is 0 Å². The quantitative estimate of drug-likeness (QED) is 0.516. The molecule has 0 radical (unpaired) electrons. The summed E-state index contributed by atoms with van der Waals surface area (Å²) in [4.78, 5) is 15.0. The van der Waals surface area contributed by atoms with E-state index in [4.69, 9.17) is 5.11 Å². The molecule has 0 aliphatic heterocycles. The molecular weight excluding hydrogens is 272 g/mol. The number of aliphatic hydroxyl groups excluding tert-OH is 1. The Labute approximate surface area is 125 Å². The van der Waals surface area contributed by atoms with Crippen molar-refractivity contribution in [2.45, 2.75) is 33.3 Å². The lowest BCUT2D eigenvalue weighted by atomic mass is 10.1. The van der Waals surface area contributed by atoms with E-state index in [0.717, 1.165) is 13.1 Å². The SMILES string of the molecule is CCNc1nc(NCC(C)(O)CO)nc(N(CC)CC)n1. The van der Waals surface area contributed by atoms with Gasteiger partial charge in [-0.25, -0.2) is 0 Å². The second-order valence-electron chi connectivity index (χ2n) is 4.99. The van der Waals surface area contributed by atoms with Gasteiger partial charge < -0.3 is 25.7 Å². The number of hydrogen-bond donors (Lipinski definition) is 4. The highest BCUT2D eigenvalue weighted by atomic mass is 16.3. The van der Waals surface area contributed by atoms with Crippen LogP contribution in [0.2, 0.25) is 0 Å². The first-order valence-electron chi connectivity index (χ1n) is 7.27. The average molecular weight is 298 g/mol. The lowest BCUT2D eigenvalue weighted by molar-refractivity contribution is 0.0131. The van der Waals surface area contributed by atoms with Crippen LogP contribution in [0.25, 0.3) is 0 Å². The maximum Gasteiger partial charge on any atom is 0.231 e. The molecule has 8 nitrogen and oxygen atoms in total. The fourth-order valence-corrected chi connectivity index (χ4v) is 1.65. The van der Waals surface area contributed by atoms with Crippen molar-refractivity contribution >= 4 is 17.8 Å². The van der Waals surface area contributed by atoms with Crippen LogP contribution in [0.1, 0.15) is 27.7 Å². The van der Waals surface area contributed by atoms with Crippen LogP contribution in [0.5, 0.6) is 0 Å². The van der Waals surface area contributed by atoms with Crippen LogP contribution in [0.4, 0.5) is 17.8 Å². The zero-order valence-corrected chi connectivity index (χ0v) is 13.2. The molecule has 1 aromatic heterocycles. The van der Waals surface area contributed by atoms with E-state index < -0.39 is 5.60 Å². The Kier molecular flexibility index (Phi) is 6.57. The molecule has 0 spiro atoms. The molecule has 0 fully saturated rings. The fourth-order valence-electron chi connectivity index (χ4n) is 1.65. The minimum Gasteiger partial charge on any atom is -0.393 e. The van der Waals surface area contributed by atoms with Crippen molar-refractivity contribution in [1.29, 1.82) is 0 Å². The molecule has 1 rings (SSSR count). The zero-order chi connectivity index (χ0) is 15.9. The number of aromatic nitrogens is 3. The van der Waals surface area contributed by atoms with Crippen LogP contribution in [-0.2, 0) is 0 Å². The van der Waals surface area contributed by atoms with E-state index in [1.54, 1.807) is 0 Å². The van der Waals surface area contributed by atoms with Crippen molar-refractivity contribution in [3.8, 4) is 0 Å². The van der Waals surface area contributed by atoms with E-state index in [9.17, 15) is 5.11 Å². The molecule has 0 saturated carbocycles. The Bertz CT molecular complexity index is 437. The highest BCUT2D eigenvalue weighted by Gasteiger charge is 2.19. The van der Waals surface area contributed by atoms with E-state index >= 15 is 0 Å². The van der Waals surface area contributed by atoms with E-state index in [1.165, 1.54) is 6.92 Å². The molecule has 0 bridgehead atoms. The summed E-state index contributed by atoms with van der Waals surface area (Å²) in [5.41, 5.74) is -1.22. The Morgan fingerprint density at radius 1 is 1.05 bits per heavy atom. The van der Waals surface area contributed by atoms with Gasteiger partial charge in [-0.05, 0) is 27.7 Å². The lowest BCUT2D eigenvalue weighted by Crippen LogP contribution is -2.37. The minimum atomic E-state index is -1.22. The fraction of sp³-hybridized carbons (Fsp3) is 0.769. The van der Waals surface area contributed by atoms with Gasteiger partial charge in [-0.2, -0.15) is 15.0 Å². The molecule has 1 unspecified atom stereocenters. The molecule has 1 aromatic rings. The van der Waals surface area contributed by atoms with Crippen LogP contribution in [0, 0.1) is 0 Å². The van der Waals surface area contributed by atoms with Gasteiger partial charge in [-0.1, -0.05) is 0 Å². The van der Waals surface area contributed by atoms with Crippen LogP contribution < -0.4 is 15.5 Å². The largest absolute Gasteiger partial charge is 0.393 e. The van der Waals surface area contributed by atoms with Crippen molar-refractivity contribution in [3.63, 3.8) is 0 Å². The molecule has 0 aliphatic rings. The molecule has 0 saturated heterocycles. The van der Waals surface area contributed by atoms with Gasteiger partial charge >= 0.3 is 0 Å². The molecule has 1 heterocycles. The summed E-state index contributed by atoms with van der Waals surface area (Å²) in [6.07, 6.45) is 0. The summed E-state index contributed by atoms with van der Waals surface area (Å²) in [5, 5.41) is 24.9. The molecule has 8 heteroatoms. The van der Waals surface area contributed by atoms with Crippen molar-refractivity contribution in [3.05, 3.63) is 0 Å².